The molecule has 5 nitrogen and oxygen atoms in total. The summed E-state index contributed by atoms with van der Waals surface area (Å²) in [6.45, 7) is 0.322. The van der Waals surface area contributed by atoms with Gasteiger partial charge in [-0.05, 0) is 48.7 Å². The molecule has 3 aromatic rings. The van der Waals surface area contributed by atoms with Crippen molar-refractivity contribution in [2.45, 2.75) is 12.8 Å². The maximum Gasteiger partial charge on any atom is 0.293 e. The van der Waals surface area contributed by atoms with E-state index in [1.807, 2.05) is 6.07 Å². The Hall–Kier alpha value is -2.83. The molecule has 156 valence electrons. The number of carbonyl (C=O) groups is 1. The number of benzene rings is 2. The number of carbonyl (C=O) groups excluding carboxylic acids is 1. The van der Waals surface area contributed by atoms with Gasteiger partial charge in [-0.2, -0.15) is 0 Å². The van der Waals surface area contributed by atoms with Crippen molar-refractivity contribution in [3.05, 3.63) is 85.9 Å². The molecule has 0 aliphatic heterocycles. The Balaban J connectivity index is 1.73. The highest BCUT2D eigenvalue weighted by Crippen LogP contribution is 2.24. The van der Waals surface area contributed by atoms with Gasteiger partial charge in [-0.25, -0.2) is 4.39 Å². The van der Waals surface area contributed by atoms with Crippen molar-refractivity contribution < 1.29 is 14.3 Å². The summed E-state index contributed by atoms with van der Waals surface area (Å²) >= 11 is 11.9. The summed E-state index contributed by atoms with van der Waals surface area (Å²) in [6.07, 6.45) is 1.28. The fourth-order valence-electron chi connectivity index (χ4n) is 3.07. The molecule has 0 saturated heterocycles. The molecule has 2 aromatic carbocycles. The van der Waals surface area contributed by atoms with Gasteiger partial charge >= 0.3 is 0 Å². The molecule has 30 heavy (non-hydrogen) atoms. The lowest BCUT2D eigenvalue weighted by Gasteiger charge is -2.13. The van der Waals surface area contributed by atoms with E-state index in [4.69, 9.17) is 23.2 Å². The topological polar surface area (TPSA) is 71.3 Å². The van der Waals surface area contributed by atoms with Crippen molar-refractivity contribution in [1.82, 2.24) is 9.88 Å². The van der Waals surface area contributed by atoms with E-state index in [-0.39, 0.29) is 5.56 Å². The first-order valence-corrected chi connectivity index (χ1v) is 9.94. The van der Waals surface area contributed by atoms with Crippen LogP contribution in [0.25, 0.3) is 11.3 Å². The van der Waals surface area contributed by atoms with Crippen molar-refractivity contribution in [2.24, 2.45) is 7.05 Å². The third-order valence-corrected chi connectivity index (χ3v) is 5.42. The van der Waals surface area contributed by atoms with E-state index in [0.29, 0.717) is 40.7 Å². The zero-order chi connectivity index (χ0) is 21.8. The van der Waals surface area contributed by atoms with Gasteiger partial charge < -0.3 is 15.0 Å². The lowest BCUT2D eigenvalue weighted by Crippen LogP contribution is -2.28. The van der Waals surface area contributed by atoms with Gasteiger partial charge in [0.1, 0.15) is 5.82 Å². The zero-order valence-electron chi connectivity index (χ0n) is 16.1. The third-order valence-electron chi connectivity index (χ3n) is 4.68. The lowest BCUT2D eigenvalue weighted by molar-refractivity contribution is 0.0950. The predicted octanol–water partition coefficient (Wildman–Crippen LogP) is 4.57. The first kappa shape index (κ1) is 21.9. The summed E-state index contributed by atoms with van der Waals surface area (Å²) < 4.78 is 14.8. The van der Waals surface area contributed by atoms with Gasteiger partial charge in [-0.15, -0.1) is 0 Å². The highest BCUT2D eigenvalue weighted by atomic mass is 35.5. The number of hydrogen-bond acceptors (Lipinski definition) is 3. The molecule has 0 fully saturated rings. The van der Waals surface area contributed by atoms with Crippen LogP contribution >= 0.6 is 23.2 Å². The minimum atomic E-state index is -0.738. The van der Waals surface area contributed by atoms with Crippen LogP contribution in [0.3, 0.4) is 0 Å². The van der Waals surface area contributed by atoms with Crippen molar-refractivity contribution in [3.8, 4) is 17.0 Å². The third kappa shape index (κ3) is 4.83. The van der Waals surface area contributed by atoms with Crippen molar-refractivity contribution >= 4 is 29.1 Å². The maximum atomic E-state index is 13.6. The number of amides is 1. The quantitative estimate of drug-likeness (QED) is 0.542. The summed E-state index contributed by atoms with van der Waals surface area (Å²) in [5.41, 5.74) is 0.814. The summed E-state index contributed by atoms with van der Waals surface area (Å²) in [5, 5.41) is 13.8. The number of aromatic hydroxyl groups is 1. The fraction of sp³-hybridized carbons (Fsp3) is 0.182. The summed E-state index contributed by atoms with van der Waals surface area (Å²) in [7, 11) is 1.45. The van der Waals surface area contributed by atoms with Crippen LogP contribution < -0.4 is 10.9 Å². The molecule has 0 radical (unpaired) electrons. The normalized spacial score (nSPS) is 10.8. The summed E-state index contributed by atoms with van der Waals surface area (Å²) in [5.74, 6) is -1.71. The SMILES string of the molecule is Cn1c(-c2cccc(F)c2)cc(C(=O)NCCCc2ccc(Cl)c(Cl)c2)c(O)c1=O. The molecular weight excluding hydrogens is 430 g/mol. The predicted molar refractivity (Wildman–Crippen MR) is 116 cm³/mol. The smallest absolute Gasteiger partial charge is 0.293 e. The molecule has 0 aliphatic carbocycles. The van der Waals surface area contributed by atoms with Crippen LogP contribution in [0.15, 0.2) is 53.3 Å². The highest BCUT2D eigenvalue weighted by molar-refractivity contribution is 6.42. The lowest BCUT2D eigenvalue weighted by atomic mass is 10.1. The van der Waals surface area contributed by atoms with Crippen LogP contribution in [-0.4, -0.2) is 22.1 Å². The molecular formula is C22H19Cl2FN2O3. The van der Waals surface area contributed by atoms with Crippen molar-refractivity contribution in [3.63, 3.8) is 0 Å². The van der Waals surface area contributed by atoms with Crippen LogP contribution in [0, 0.1) is 5.82 Å². The molecule has 2 N–H and O–H groups in total. The van der Waals surface area contributed by atoms with Gasteiger partial charge in [-0.1, -0.05) is 41.4 Å². The number of hydrogen-bond donors (Lipinski definition) is 2. The van der Waals surface area contributed by atoms with Gasteiger partial charge in [0.25, 0.3) is 11.5 Å². The number of pyridine rings is 1. The van der Waals surface area contributed by atoms with E-state index in [1.54, 1.807) is 18.2 Å². The minimum Gasteiger partial charge on any atom is -0.502 e. The molecule has 1 heterocycles. The second kappa shape index (κ2) is 9.32. The van der Waals surface area contributed by atoms with E-state index >= 15 is 0 Å². The number of nitrogens with zero attached hydrogens (tertiary/aromatic N) is 1. The maximum absolute atomic E-state index is 13.6. The molecule has 0 aliphatic rings. The largest absolute Gasteiger partial charge is 0.502 e. The molecule has 1 amide bonds. The van der Waals surface area contributed by atoms with Gasteiger partial charge in [0.2, 0.25) is 0 Å². The summed E-state index contributed by atoms with van der Waals surface area (Å²) in [6, 6.07) is 12.4. The zero-order valence-corrected chi connectivity index (χ0v) is 17.6. The first-order valence-electron chi connectivity index (χ1n) is 9.19. The Kier molecular flexibility index (Phi) is 6.80. The molecule has 0 spiro atoms. The average Bonchev–Trinajstić information content (AvgIpc) is 2.72. The Labute approximate surface area is 182 Å². The van der Waals surface area contributed by atoms with Gasteiger partial charge in [-0.3, -0.25) is 9.59 Å². The van der Waals surface area contributed by atoms with Gasteiger partial charge in [0.15, 0.2) is 5.75 Å². The summed E-state index contributed by atoms with van der Waals surface area (Å²) in [4.78, 5) is 24.9. The minimum absolute atomic E-state index is 0.160. The van der Waals surface area contributed by atoms with Crippen LogP contribution in [0.5, 0.6) is 5.75 Å². The monoisotopic (exact) mass is 448 g/mol. The molecule has 0 bridgehead atoms. The molecule has 1 aromatic heterocycles. The molecule has 3 rings (SSSR count). The van der Waals surface area contributed by atoms with E-state index in [1.165, 1.54) is 35.9 Å². The number of halogens is 3. The fourth-order valence-corrected chi connectivity index (χ4v) is 3.39. The highest BCUT2D eigenvalue weighted by Gasteiger charge is 2.18. The molecule has 0 unspecified atom stereocenters. The van der Waals surface area contributed by atoms with Crippen molar-refractivity contribution in [1.29, 1.82) is 0 Å². The Morgan fingerprint density at radius 1 is 1.13 bits per heavy atom. The van der Waals surface area contributed by atoms with E-state index in [9.17, 15) is 19.1 Å². The number of aromatic nitrogens is 1. The number of aryl methyl sites for hydroxylation is 1. The molecule has 8 heteroatoms. The number of rotatable bonds is 6. The van der Waals surface area contributed by atoms with Crippen LogP contribution in [0.4, 0.5) is 4.39 Å². The number of nitrogens with one attached hydrogen (secondary N) is 1. The van der Waals surface area contributed by atoms with E-state index < -0.39 is 23.0 Å². The Morgan fingerprint density at radius 2 is 1.90 bits per heavy atom. The Bertz CT molecular complexity index is 1160. The van der Waals surface area contributed by atoms with Gasteiger partial charge in [0.05, 0.1) is 21.3 Å². The molecule has 0 saturated carbocycles. The average molecular weight is 449 g/mol. The second-order valence-electron chi connectivity index (χ2n) is 6.77. The van der Waals surface area contributed by atoms with E-state index in [2.05, 4.69) is 5.32 Å². The van der Waals surface area contributed by atoms with Crippen LogP contribution in [0.2, 0.25) is 10.0 Å². The van der Waals surface area contributed by atoms with Crippen molar-refractivity contribution in [2.75, 3.05) is 6.54 Å². The van der Waals surface area contributed by atoms with Crippen LogP contribution in [-0.2, 0) is 13.5 Å². The van der Waals surface area contributed by atoms with Crippen LogP contribution in [0.1, 0.15) is 22.3 Å². The molecule has 0 atom stereocenters. The Morgan fingerprint density at radius 3 is 2.60 bits per heavy atom. The van der Waals surface area contributed by atoms with Gasteiger partial charge in [0, 0.05) is 19.2 Å². The first-order chi connectivity index (χ1) is 14.3. The standard InChI is InChI=1S/C22H19Cl2FN2O3/c1-27-19(14-5-2-6-15(25)11-14)12-16(20(28)22(27)30)21(29)26-9-3-4-13-7-8-17(23)18(24)10-13/h2,5-8,10-12,28H,3-4,9H2,1H3,(H,26,29). The second-order valence-corrected chi connectivity index (χ2v) is 7.59. The van der Waals surface area contributed by atoms with E-state index in [0.717, 1.165) is 5.56 Å².